The van der Waals surface area contributed by atoms with Crippen LogP contribution in [-0.2, 0) is 0 Å². The van der Waals surface area contributed by atoms with Gasteiger partial charge in [0.15, 0.2) is 0 Å². The number of anilines is 2. The Hall–Kier alpha value is -3.14. The minimum Gasteiger partial charge on any atom is -0.493 e. The fourth-order valence-electron chi connectivity index (χ4n) is 6.12. The first-order chi connectivity index (χ1) is 22.6. The zero-order valence-corrected chi connectivity index (χ0v) is 29.3. The summed E-state index contributed by atoms with van der Waals surface area (Å²) in [5.41, 5.74) is 17.9. The largest absolute Gasteiger partial charge is 0.493 e. The lowest BCUT2D eigenvalue weighted by molar-refractivity contribution is 0.298. The van der Waals surface area contributed by atoms with Gasteiger partial charge in [0.1, 0.15) is 11.5 Å². The predicted octanol–water partition coefficient (Wildman–Crippen LogP) is 12.8. The first-order valence-corrected chi connectivity index (χ1v) is 18.8. The molecule has 0 spiro atoms. The molecule has 0 amide bonds. The van der Waals surface area contributed by atoms with E-state index in [9.17, 15) is 0 Å². The zero-order chi connectivity index (χ0) is 32.7. The van der Waals surface area contributed by atoms with Crippen molar-refractivity contribution in [1.29, 1.82) is 0 Å². The van der Waals surface area contributed by atoms with E-state index in [1.807, 2.05) is 24.3 Å². The Balaban J connectivity index is 1.63. The molecule has 0 heterocycles. The molecule has 0 fully saturated rings. The normalized spacial score (nSPS) is 11.2. The van der Waals surface area contributed by atoms with E-state index in [0.717, 1.165) is 58.0 Å². The average Bonchev–Trinajstić information content (AvgIpc) is 3.07. The van der Waals surface area contributed by atoms with E-state index in [2.05, 4.69) is 50.2 Å². The molecule has 0 saturated carbocycles. The summed E-state index contributed by atoms with van der Waals surface area (Å²) in [4.78, 5) is 0. The molecule has 0 saturated heterocycles. The number of rotatable bonds is 26. The van der Waals surface area contributed by atoms with Crippen LogP contribution in [0, 0.1) is 0 Å². The summed E-state index contributed by atoms with van der Waals surface area (Å²) in [5, 5.41) is 0. The Morgan fingerprint density at radius 2 is 0.674 bits per heavy atom. The summed E-state index contributed by atoms with van der Waals surface area (Å²) in [5.74, 6) is 1.78. The van der Waals surface area contributed by atoms with Crippen molar-refractivity contribution in [2.75, 3.05) is 24.7 Å². The van der Waals surface area contributed by atoms with Crippen molar-refractivity contribution in [2.45, 2.75) is 142 Å². The smallest absolute Gasteiger partial charge is 0.128 e. The highest BCUT2D eigenvalue weighted by Gasteiger charge is 2.16. The molecule has 0 aliphatic carbocycles. The fourth-order valence-corrected chi connectivity index (χ4v) is 6.12. The van der Waals surface area contributed by atoms with Gasteiger partial charge in [0.25, 0.3) is 0 Å². The van der Waals surface area contributed by atoms with Gasteiger partial charge in [-0.2, -0.15) is 0 Å². The van der Waals surface area contributed by atoms with Crippen molar-refractivity contribution < 1.29 is 9.47 Å². The highest BCUT2D eigenvalue weighted by molar-refractivity contribution is 5.82. The van der Waals surface area contributed by atoms with E-state index < -0.39 is 0 Å². The first-order valence-electron chi connectivity index (χ1n) is 18.8. The second-order valence-corrected chi connectivity index (χ2v) is 13.1. The number of hydrogen-bond acceptors (Lipinski definition) is 4. The first kappa shape index (κ1) is 37.3. The number of ether oxygens (including phenoxy) is 2. The standard InChI is InChI=1S/C42H64N2O2/c1-3-5-7-9-11-13-15-17-19-21-31-45-41-33-40(36-25-29-38(44)30-26-36)42(34-39(41)35-23-27-37(43)28-24-35)46-32-22-20-18-16-14-12-10-8-6-4-2/h23-30,33-34H,3-22,31-32,43-44H2,1-2H3. The van der Waals surface area contributed by atoms with E-state index in [1.54, 1.807) is 0 Å². The number of nitrogen functional groups attached to an aromatic ring is 2. The molecule has 254 valence electrons. The van der Waals surface area contributed by atoms with Crippen molar-refractivity contribution in [3.63, 3.8) is 0 Å². The molecule has 0 aliphatic rings. The molecule has 3 rings (SSSR count). The summed E-state index contributed by atoms with van der Waals surface area (Å²) in [6, 6.07) is 20.5. The van der Waals surface area contributed by atoms with Crippen LogP contribution in [0.15, 0.2) is 60.7 Å². The number of benzene rings is 3. The number of hydrogen-bond donors (Lipinski definition) is 2. The summed E-state index contributed by atoms with van der Waals surface area (Å²) in [6.07, 6.45) is 26.2. The molecule has 4 heteroatoms. The molecule has 0 radical (unpaired) electrons. The Morgan fingerprint density at radius 1 is 0.391 bits per heavy atom. The summed E-state index contributed by atoms with van der Waals surface area (Å²) >= 11 is 0. The van der Waals surface area contributed by atoms with Crippen molar-refractivity contribution in [1.82, 2.24) is 0 Å². The van der Waals surface area contributed by atoms with Gasteiger partial charge in [-0.1, -0.05) is 154 Å². The van der Waals surface area contributed by atoms with Gasteiger partial charge in [0.2, 0.25) is 0 Å². The third kappa shape index (κ3) is 14.5. The molecule has 0 atom stereocenters. The molecule has 0 unspecified atom stereocenters. The summed E-state index contributed by atoms with van der Waals surface area (Å²) < 4.78 is 13.1. The van der Waals surface area contributed by atoms with Gasteiger partial charge >= 0.3 is 0 Å². The van der Waals surface area contributed by atoms with Crippen molar-refractivity contribution in [3.8, 4) is 33.8 Å². The van der Waals surface area contributed by atoms with Gasteiger partial charge in [0, 0.05) is 22.5 Å². The fraction of sp³-hybridized carbons (Fsp3) is 0.571. The van der Waals surface area contributed by atoms with Gasteiger partial charge in [0.05, 0.1) is 13.2 Å². The lowest BCUT2D eigenvalue weighted by Crippen LogP contribution is -2.03. The van der Waals surface area contributed by atoms with Gasteiger partial charge in [-0.05, 0) is 60.4 Å². The third-order valence-electron chi connectivity index (χ3n) is 9.04. The van der Waals surface area contributed by atoms with E-state index >= 15 is 0 Å². The second-order valence-electron chi connectivity index (χ2n) is 13.1. The Morgan fingerprint density at radius 3 is 0.978 bits per heavy atom. The van der Waals surface area contributed by atoms with Crippen molar-refractivity contribution in [3.05, 3.63) is 60.7 Å². The Labute approximate surface area is 281 Å². The summed E-state index contributed by atoms with van der Waals surface area (Å²) in [7, 11) is 0. The van der Waals surface area contributed by atoms with E-state index in [-0.39, 0.29) is 0 Å². The topological polar surface area (TPSA) is 70.5 Å². The van der Waals surface area contributed by atoms with Gasteiger partial charge in [-0.25, -0.2) is 0 Å². The molecular formula is C42H64N2O2. The monoisotopic (exact) mass is 628 g/mol. The van der Waals surface area contributed by atoms with Crippen LogP contribution in [0.4, 0.5) is 11.4 Å². The lowest BCUT2D eigenvalue weighted by Gasteiger charge is -2.19. The molecule has 3 aromatic carbocycles. The molecular weight excluding hydrogens is 564 g/mol. The second kappa shape index (κ2) is 23.2. The van der Waals surface area contributed by atoms with Crippen molar-refractivity contribution in [2.24, 2.45) is 0 Å². The van der Waals surface area contributed by atoms with Crippen LogP contribution < -0.4 is 20.9 Å². The highest BCUT2D eigenvalue weighted by Crippen LogP contribution is 2.41. The molecule has 3 aromatic rings. The number of unbranched alkanes of at least 4 members (excludes halogenated alkanes) is 18. The maximum absolute atomic E-state index is 6.53. The third-order valence-corrected chi connectivity index (χ3v) is 9.04. The Kier molecular flexibility index (Phi) is 18.8. The van der Waals surface area contributed by atoms with E-state index in [1.165, 1.54) is 116 Å². The summed E-state index contributed by atoms with van der Waals surface area (Å²) in [6.45, 7) is 5.97. The Bertz CT molecular complexity index is 1090. The van der Waals surface area contributed by atoms with E-state index in [0.29, 0.717) is 13.2 Å². The molecule has 0 aliphatic heterocycles. The molecule has 4 nitrogen and oxygen atoms in total. The predicted molar refractivity (Wildman–Crippen MR) is 201 cm³/mol. The van der Waals surface area contributed by atoms with Crippen LogP contribution in [0.2, 0.25) is 0 Å². The molecule has 0 aromatic heterocycles. The highest BCUT2D eigenvalue weighted by atomic mass is 16.5. The van der Waals surface area contributed by atoms with Crippen LogP contribution in [0.25, 0.3) is 22.3 Å². The van der Waals surface area contributed by atoms with Crippen LogP contribution >= 0.6 is 0 Å². The maximum atomic E-state index is 6.53. The minimum atomic E-state index is 0.707. The van der Waals surface area contributed by atoms with Crippen molar-refractivity contribution >= 4 is 11.4 Å². The average molecular weight is 629 g/mol. The zero-order valence-electron chi connectivity index (χ0n) is 29.3. The van der Waals surface area contributed by atoms with E-state index in [4.69, 9.17) is 20.9 Å². The van der Waals surface area contributed by atoms with Gasteiger partial charge < -0.3 is 20.9 Å². The van der Waals surface area contributed by atoms with Gasteiger partial charge in [-0.3, -0.25) is 0 Å². The maximum Gasteiger partial charge on any atom is 0.128 e. The number of nitrogens with two attached hydrogens (primary N) is 2. The minimum absolute atomic E-state index is 0.707. The van der Waals surface area contributed by atoms with Crippen LogP contribution in [0.5, 0.6) is 11.5 Å². The van der Waals surface area contributed by atoms with Crippen LogP contribution in [0.1, 0.15) is 142 Å². The lowest BCUT2D eigenvalue weighted by atomic mass is 9.97. The molecule has 0 bridgehead atoms. The molecule has 4 N–H and O–H groups in total. The van der Waals surface area contributed by atoms with Crippen LogP contribution in [-0.4, -0.2) is 13.2 Å². The quantitative estimate of drug-likeness (QED) is 0.0685. The van der Waals surface area contributed by atoms with Crippen LogP contribution in [0.3, 0.4) is 0 Å². The molecule has 46 heavy (non-hydrogen) atoms. The van der Waals surface area contributed by atoms with Gasteiger partial charge in [-0.15, -0.1) is 0 Å². The SMILES string of the molecule is CCCCCCCCCCCCOc1cc(-c2ccc(N)cc2)c(OCCCCCCCCCCCC)cc1-c1ccc(N)cc1.